The first kappa shape index (κ1) is 14.1. The molecule has 0 aliphatic carbocycles. The van der Waals surface area contributed by atoms with E-state index in [1.165, 1.54) is 0 Å². The van der Waals surface area contributed by atoms with Crippen molar-refractivity contribution in [3.05, 3.63) is 29.6 Å². The van der Waals surface area contributed by atoms with E-state index in [2.05, 4.69) is 25.5 Å². The van der Waals surface area contributed by atoms with Gasteiger partial charge in [0, 0.05) is 12.4 Å². The molecule has 0 bridgehead atoms. The molecule has 1 atom stereocenters. The maximum Gasteiger partial charge on any atom is 0.274 e. The molecule has 2 aromatic heterocycles. The van der Waals surface area contributed by atoms with Crippen molar-refractivity contribution in [1.29, 1.82) is 0 Å². The maximum absolute atomic E-state index is 12.3. The van der Waals surface area contributed by atoms with Gasteiger partial charge in [0.15, 0.2) is 5.69 Å². The van der Waals surface area contributed by atoms with E-state index in [4.69, 9.17) is 5.73 Å². The van der Waals surface area contributed by atoms with Crippen LogP contribution in [0.25, 0.3) is 0 Å². The van der Waals surface area contributed by atoms with Crippen LogP contribution in [0.2, 0.25) is 0 Å². The topological polar surface area (TPSA) is 112 Å². The minimum absolute atomic E-state index is 0.184. The Bertz CT molecular complexity index is 572. The molecule has 0 saturated heterocycles. The highest BCUT2D eigenvalue weighted by molar-refractivity contribution is 5.97. The number of carbonyl (C=O) groups is 1. The lowest BCUT2D eigenvalue weighted by Gasteiger charge is -2.14. The molecule has 0 saturated carbocycles. The number of nitrogens with two attached hydrogens (primary N) is 1. The summed E-state index contributed by atoms with van der Waals surface area (Å²) in [5.41, 5.74) is 7.39. The SMILES string of the molecule is CCC(NC(=O)c1n[nH]c(C(C)C)c1N)c1ncc[nH]1. The summed E-state index contributed by atoms with van der Waals surface area (Å²) < 4.78 is 0. The number of aromatic amines is 2. The van der Waals surface area contributed by atoms with Gasteiger partial charge in [-0.3, -0.25) is 9.89 Å². The average Bonchev–Trinajstić information content (AvgIpc) is 3.04. The van der Waals surface area contributed by atoms with Crippen LogP contribution in [0.3, 0.4) is 0 Å². The van der Waals surface area contributed by atoms with Crippen LogP contribution in [0.4, 0.5) is 5.69 Å². The summed E-state index contributed by atoms with van der Waals surface area (Å²) in [6.07, 6.45) is 4.11. The van der Waals surface area contributed by atoms with Gasteiger partial charge >= 0.3 is 0 Å². The van der Waals surface area contributed by atoms with Gasteiger partial charge in [0.1, 0.15) is 5.82 Å². The third kappa shape index (κ3) is 2.66. The number of rotatable bonds is 5. The van der Waals surface area contributed by atoms with Crippen molar-refractivity contribution in [1.82, 2.24) is 25.5 Å². The molecular formula is C13H20N6O. The normalized spacial score (nSPS) is 12.6. The number of hydrogen-bond donors (Lipinski definition) is 4. The summed E-state index contributed by atoms with van der Waals surface area (Å²) in [5.74, 6) is 0.615. The lowest BCUT2D eigenvalue weighted by molar-refractivity contribution is 0.0929. The molecule has 7 nitrogen and oxygen atoms in total. The van der Waals surface area contributed by atoms with E-state index in [0.29, 0.717) is 5.69 Å². The van der Waals surface area contributed by atoms with Gasteiger partial charge in [0.2, 0.25) is 0 Å². The van der Waals surface area contributed by atoms with Crippen LogP contribution in [0.5, 0.6) is 0 Å². The zero-order valence-corrected chi connectivity index (χ0v) is 11.9. The first-order valence-electron chi connectivity index (χ1n) is 6.68. The molecule has 0 radical (unpaired) electrons. The van der Waals surface area contributed by atoms with Gasteiger partial charge in [0.25, 0.3) is 5.91 Å². The van der Waals surface area contributed by atoms with Gasteiger partial charge in [-0.15, -0.1) is 0 Å². The Morgan fingerprint density at radius 3 is 2.75 bits per heavy atom. The van der Waals surface area contributed by atoms with Gasteiger partial charge in [-0.2, -0.15) is 5.10 Å². The van der Waals surface area contributed by atoms with Crippen molar-refractivity contribution in [3.63, 3.8) is 0 Å². The van der Waals surface area contributed by atoms with Crippen molar-refractivity contribution >= 4 is 11.6 Å². The van der Waals surface area contributed by atoms with Gasteiger partial charge < -0.3 is 16.0 Å². The van der Waals surface area contributed by atoms with E-state index in [0.717, 1.165) is 17.9 Å². The van der Waals surface area contributed by atoms with Crippen LogP contribution in [-0.2, 0) is 0 Å². The first-order valence-corrected chi connectivity index (χ1v) is 6.68. The summed E-state index contributed by atoms with van der Waals surface area (Å²) in [6, 6.07) is -0.184. The molecule has 5 N–H and O–H groups in total. The van der Waals surface area contributed by atoms with Crippen molar-refractivity contribution in [3.8, 4) is 0 Å². The van der Waals surface area contributed by atoms with E-state index in [-0.39, 0.29) is 23.6 Å². The summed E-state index contributed by atoms with van der Waals surface area (Å²) in [7, 11) is 0. The number of imidazole rings is 1. The Labute approximate surface area is 117 Å². The highest BCUT2D eigenvalue weighted by Gasteiger charge is 2.22. The lowest BCUT2D eigenvalue weighted by Crippen LogP contribution is -2.29. The predicted molar refractivity (Wildman–Crippen MR) is 76.2 cm³/mol. The Balaban J connectivity index is 2.16. The van der Waals surface area contributed by atoms with E-state index in [9.17, 15) is 4.79 Å². The molecule has 0 aliphatic heterocycles. The Morgan fingerprint density at radius 1 is 1.50 bits per heavy atom. The lowest BCUT2D eigenvalue weighted by atomic mass is 10.1. The summed E-state index contributed by atoms with van der Waals surface area (Å²) in [6.45, 7) is 5.95. The van der Waals surface area contributed by atoms with Crippen molar-refractivity contribution in [2.75, 3.05) is 5.73 Å². The third-order valence-electron chi connectivity index (χ3n) is 3.19. The van der Waals surface area contributed by atoms with E-state index >= 15 is 0 Å². The molecule has 20 heavy (non-hydrogen) atoms. The third-order valence-corrected chi connectivity index (χ3v) is 3.19. The Morgan fingerprint density at radius 2 is 2.25 bits per heavy atom. The van der Waals surface area contributed by atoms with Gasteiger partial charge in [-0.25, -0.2) is 4.98 Å². The summed E-state index contributed by atoms with van der Waals surface area (Å²) >= 11 is 0. The fourth-order valence-corrected chi connectivity index (χ4v) is 2.04. The molecule has 1 unspecified atom stereocenters. The molecule has 108 valence electrons. The zero-order chi connectivity index (χ0) is 14.7. The number of nitrogens with zero attached hydrogens (tertiary/aromatic N) is 2. The van der Waals surface area contributed by atoms with Crippen LogP contribution in [-0.4, -0.2) is 26.1 Å². The summed E-state index contributed by atoms with van der Waals surface area (Å²) in [5, 5.41) is 9.72. The second kappa shape index (κ2) is 5.77. The van der Waals surface area contributed by atoms with Crippen molar-refractivity contribution < 1.29 is 4.79 Å². The molecule has 0 spiro atoms. The number of carbonyl (C=O) groups excluding carboxylic acids is 1. The maximum atomic E-state index is 12.3. The van der Waals surface area contributed by atoms with Crippen LogP contribution >= 0.6 is 0 Å². The molecule has 0 aliphatic rings. The highest BCUT2D eigenvalue weighted by Crippen LogP contribution is 2.22. The number of H-pyrrole nitrogens is 2. The molecule has 0 fully saturated rings. The summed E-state index contributed by atoms with van der Waals surface area (Å²) in [4.78, 5) is 19.4. The van der Waals surface area contributed by atoms with Crippen LogP contribution in [0.15, 0.2) is 12.4 Å². The molecule has 2 aromatic rings. The second-order valence-corrected chi connectivity index (χ2v) is 4.96. The van der Waals surface area contributed by atoms with E-state index < -0.39 is 0 Å². The predicted octanol–water partition coefficient (Wildman–Crippen LogP) is 1.72. The van der Waals surface area contributed by atoms with Crippen LogP contribution in [0, 0.1) is 0 Å². The molecule has 1 amide bonds. The van der Waals surface area contributed by atoms with E-state index in [1.807, 2.05) is 20.8 Å². The molecule has 0 aromatic carbocycles. The van der Waals surface area contributed by atoms with Gasteiger partial charge in [-0.05, 0) is 12.3 Å². The first-order chi connectivity index (χ1) is 9.54. The number of hydrogen-bond acceptors (Lipinski definition) is 4. The zero-order valence-electron chi connectivity index (χ0n) is 11.9. The quantitative estimate of drug-likeness (QED) is 0.666. The smallest absolute Gasteiger partial charge is 0.274 e. The Hall–Kier alpha value is -2.31. The number of anilines is 1. The second-order valence-electron chi connectivity index (χ2n) is 4.96. The number of amides is 1. The van der Waals surface area contributed by atoms with E-state index in [1.54, 1.807) is 12.4 Å². The Kier molecular flexibility index (Phi) is 4.07. The highest BCUT2D eigenvalue weighted by atomic mass is 16.2. The van der Waals surface area contributed by atoms with Crippen molar-refractivity contribution in [2.24, 2.45) is 0 Å². The average molecular weight is 276 g/mol. The largest absolute Gasteiger partial charge is 0.395 e. The fourth-order valence-electron chi connectivity index (χ4n) is 2.04. The minimum atomic E-state index is -0.297. The standard InChI is InChI=1S/C13H20N6O/c1-4-8(12-15-5-6-16-12)17-13(20)11-9(14)10(7(2)3)18-19-11/h5-8H,4,14H2,1-3H3,(H,15,16)(H,17,20)(H,18,19). The van der Waals surface area contributed by atoms with Crippen LogP contribution in [0.1, 0.15) is 61.2 Å². The number of aromatic nitrogens is 4. The number of nitrogen functional groups attached to an aromatic ring is 1. The van der Waals surface area contributed by atoms with Gasteiger partial charge in [-0.1, -0.05) is 20.8 Å². The molecule has 7 heteroatoms. The van der Waals surface area contributed by atoms with Gasteiger partial charge in [0.05, 0.1) is 17.4 Å². The molecule has 2 rings (SSSR count). The van der Waals surface area contributed by atoms with Crippen molar-refractivity contribution in [2.45, 2.75) is 39.2 Å². The monoisotopic (exact) mass is 276 g/mol. The fraction of sp³-hybridized carbons (Fsp3) is 0.462. The minimum Gasteiger partial charge on any atom is -0.395 e. The number of nitrogens with one attached hydrogen (secondary N) is 3. The molecular weight excluding hydrogens is 256 g/mol. The molecule has 2 heterocycles. The van der Waals surface area contributed by atoms with Crippen LogP contribution < -0.4 is 11.1 Å².